The van der Waals surface area contributed by atoms with E-state index in [0.29, 0.717) is 73.1 Å². The van der Waals surface area contributed by atoms with Crippen molar-refractivity contribution in [3.8, 4) is 28.6 Å². The van der Waals surface area contributed by atoms with E-state index in [1.165, 1.54) is 18.1 Å². The number of anilines is 1. The summed E-state index contributed by atoms with van der Waals surface area (Å²) in [6.07, 6.45) is 3.12. The summed E-state index contributed by atoms with van der Waals surface area (Å²) in [5.41, 5.74) is 4.48. The molecule has 1 aliphatic carbocycles. The standard InChI is InChI=1S/C38H41FN4O7/c1-22-29(15-28(16-32(22)39)49-21-46-2)33-30(24-8-9-24)17-31-34(35(33)48-20-23-6-4-3-5-7-23)40-37(50-27-10-12-47-13-11-27)41-36(31)42-18-26-14-25(42)19-43(26)38(44)45/h3-7,15-17,24-27H,8-14,18-21H2,1-2H3,(H,44,45)/t25-,26-/m0/s1. The van der Waals surface area contributed by atoms with E-state index in [2.05, 4.69) is 11.0 Å². The number of piperazine rings is 1. The summed E-state index contributed by atoms with van der Waals surface area (Å²) in [4.78, 5) is 25.9. The third-order valence-corrected chi connectivity index (χ3v) is 10.3. The highest BCUT2D eigenvalue weighted by molar-refractivity contribution is 6.01. The minimum Gasteiger partial charge on any atom is -0.486 e. The average molecular weight is 685 g/mol. The molecule has 2 atom stereocenters. The summed E-state index contributed by atoms with van der Waals surface area (Å²) in [6, 6.07) is 15.4. The first-order valence-electron chi connectivity index (χ1n) is 17.4. The molecule has 8 rings (SSSR count). The second kappa shape index (κ2) is 13.6. The molecule has 3 saturated heterocycles. The number of nitrogens with zero attached hydrogens (tertiary/aromatic N) is 4. The molecule has 50 heavy (non-hydrogen) atoms. The van der Waals surface area contributed by atoms with Crippen molar-refractivity contribution in [3.63, 3.8) is 0 Å². The van der Waals surface area contributed by atoms with Crippen LogP contribution in [0, 0.1) is 12.7 Å². The van der Waals surface area contributed by atoms with E-state index in [0.717, 1.165) is 41.3 Å². The highest BCUT2D eigenvalue weighted by Gasteiger charge is 2.47. The third kappa shape index (κ3) is 6.26. The van der Waals surface area contributed by atoms with Gasteiger partial charge in [0.15, 0.2) is 12.5 Å². The molecule has 4 aliphatic rings. The van der Waals surface area contributed by atoms with Crippen molar-refractivity contribution >= 4 is 22.8 Å². The molecule has 3 aliphatic heterocycles. The molecule has 1 amide bonds. The maximum atomic E-state index is 15.7. The molecule has 1 saturated carbocycles. The number of carbonyl (C=O) groups is 1. The Labute approximate surface area is 289 Å². The molecule has 2 bridgehead atoms. The summed E-state index contributed by atoms with van der Waals surface area (Å²) in [7, 11) is 1.53. The van der Waals surface area contributed by atoms with Crippen LogP contribution < -0.4 is 19.1 Å². The van der Waals surface area contributed by atoms with Gasteiger partial charge in [0.05, 0.1) is 25.3 Å². The van der Waals surface area contributed by atoms with Gasteiger partial charge < -0.3 is 38.6 Å². The summed E-state index contributed by atoms with van der Waals surface area (Å²) in [5.74, 6) is 1.42. The van der Waals surface area contributed by atoms with Crippen LogP contribution in [0.4, 0.5) is 15.0 Å². The van der Waals surface area contributed by atoms with Crippen LogP contribution in [-0.2, 0) is 16.1 Å². The Morgan fingerprint density at radius 2 is 1.82 bits per heavy atom. The molecule has 0 radical (unpaired) electrons. The van der Waals surface area contributed by atoms with Crippen LogP contribution in [0.1, 0.15) is 54.7 Å². The summed E-state index contributed by atoms with van der Waals surface area (Å²) in [5, 5.41) is 10.6. The van der Waals surface area contributed by atoms with Gasteiger partial charge in [-0.2, -0.15) is 9.97 Å². The minimum atomic E-state index is -0.898. The molecule has 4 fully saturated rings. The molecule has 12 heteroatoms. The van der Waals surface area contributed by atoms with Crippen LogP contribution >= 0.6 is 0 Å². The summed E-state index contributed by atoms with van der Waals surface area (Å²) < 4.78 is 45.5. The summed E-state index contributed by atoms with van der Waals surface area (Å²) >= 11 is 0. The van der Waals surface area contributed by atoms with Crippen LogP contribution in [-0.4, -0.2) is 84.5 Å². The van der Waals surface area contributed by atoms with Crippen molar-refractivity contribution in [2.45, 2.75) is 69.7 Å². The van der Waals surface area contributed by atoms with E-state index in [-0.39, 0.29) is 43.5 Å². The number of hydrogen-bond donors (Lipinski definition) is 1. The largest absolute Gasteiger partial charge is 0.486 e. The zero-order chi connectivity index (χ0) is 34.4. The first-order chi connectivity index (χ1) is 24.4. The van der Waals surface area contributed by atoms with E-state index >= 15 is 4.39 Å². The lowest BCUT2D eigenvalue weighted by atomic mass is 9.90. The van der Waals surface area contributed by atoms with Crippen molar-refractivity contribution in [2.24, 2.45) is 0 Å². The molecular formula is C38H41FN4O7. The Balaban J connectivity index is 1.35. The number of benzene rings is 3. The Hall–Kier alpha value is -4.68. The highest BCUT2D eigenvalue weighted by atomic mass is 19.1. The van der Waals surface area contributed by atoms with Crippen molar-refractivity contribution in [3.05, 3.63) is 71.0 Å². The van der Waals surface area contributed by atoms with Gasteiger partial charge in [0.1, 0.15) is 35.6 Å². The summed E-state index contributed by atoms with van der Waals surface area (Å²) in [6.45, 7) is 4.12. The van der Waals surface area contributed by atoms with E-state index < -0.39 is 11.9 Å². The molecular weight excluding hydrogens is 643 g/mol. The maximum absolute atomic E-state index is 15.7. The van der Waals surface area contributed by atoms with Gasteiger partial charge in [0.25, 0.3) is 0 Å². The van der Waals surface area contributed by atoms with Crippen molar-refractivity contribution in [1.82, 2.24) is 14.9 Å². The molecule has 0 spiro atoms. The molecule has 3 aromatic carbocycles. The van der Waals surface area contributed by atoms with Gasteiger partial charge in [-0.1, -0.05) is 30.3 Å². The Bertz CT molecular complexity index is 1900. The Morgan fingerprint density at radius 3 is 2.52 bits per heavy atom. The number of carboxylic acid groups (broad SMARTS) is 1. The van der Waals surface area contributed by atoms with Crippen LogP contribution in [0.3, 0.4) is 0 Å². The lowest BCUT2D eigenvalue weighted by Crippen LogP contribution is -2.48. The third-order valence-electron chi connectivity index (χ3n) is 10.3. The van der Waals surface area contributed by atoms with Crippen LogP contribution in [0.5, 0.6) is 17.5 Å². The molecule has 1 N–H and O–H groups in total. The van der Waals surface area contributed by atoms with Crippen LogP contribution in [0.25, 0.3) is 22.0 Å². The smallest absolute Gasteiger partial charge is 0.407 e. The van der Waals surface area contributed by atoms with Crippen molar-refractivity contribution in [1.29, 1.82) is 0 Å². The predicted molar refractivity (Wildman–Crippen MR) is 184 cm³/mol. The number of hydrogen-bond acceptors (Lipinski definition) is 9. The Kier molecular flexibility index (Phi) is 8.82. The van der Waals surface area contributed by atoms with Gasteiger partial charge in [-0.25, -0.2) is 9.18 Å². The number of halogens is 1. The van der Waals surface area contributed by atoms with Crippen LogP contribution in [0.15, 0.2) is 48.5 Å². The fourth-order valence-corrected chi connectivity index (χ4v) is 7.58. The fourth-order valence-electron chi connectivity index (χ4n) is 7.58. The average Bonchev–Trinajstić information content (AvgIpc) is 3.77. The van der Waals surface area contributed by atoms with Crippen molar-refractivity contribution in [2.75, 3.05) is 45.1 Å². The number of fused-ring (bicyclic) bond motifs is 3. The number of rotatable bonds is 11. The predicted octanol–water partition coefficient (Wildman–Crippen LogP) is 6.68. The van der Waals surface area contributed by atoms with Gasteiger partial charge in [0.2, 0.25) is 0 Å². The second-order valence-electron chi connectivity index (χ2n) is 13.6. The zero-order valence-corrected chi connectivity index (χ0v) is 28.3. The lowest BCUT2D eigenvalue weighted by Gasteiger charge is -2.34. The fraction of sp³-hybridized carbons (Fsp3) is 0.447. The van der Waals surface area contributed by atoms with E-state index in [1.807, 2.05) is 36.4 Å². The first kappa shape index (κ1) is 32.5. The molecule has 4 heterocycles. The topological polar surface area (TPSA) is 116 Å². The molecule has 262 valence electrons. The molecule has 4 aromatic rings. The monoisotopic (exact) mass is 684 g/mol. The van der Waals surface area contributed by atoms with Gasteiger partial charge in [-0.05, 0) is 66.5 Å². The van der Waals surface area contributed by atoms with Gasteiger partial charge >= 0.3 is 12.1 Å². The Morgan fingerprint density at radius 1 is 1.02 bits per heavy atom. The normalized spacial score (nSPS) is 20.5. The SMILES string of the molecule is COCOc1cc(F)c(C)c(-c2c(C3CC3)cc3c(N4C[C@@H]5C[C@H]4CN5C(=O)O)nc(OC4CCOCC4)nc3c2OCc2ccccc2)c1. The first-order valence-corrected chi connectivity index (χ1v) is 17.4. The van der Waals surface area contributed by atoms with Gasteiger partial charge in [-0.3, -0.25) is 0 Å². The van der Waals surface area contributed by atoms with E-state index in [4.69, 9.17) is 33.7 Å². The van der Waals surface area contributed by atoms with E-state index in [9.17, 15) is 9.90 Å². The zero-order valence-electron chi connectivity index (χ0n) is 28.3. The molecule has 11 nitrogen and oxygen atoms in total. The van der Waals surface area contributed by atoms with Gasteiger partial charge in [-0.15, -0.1) is 0 Å². The van der Waals surface area contributed by atoms with Gasteiger partial charge in [0, 0.05) is 50.1 Å². The van der Waals surface area contributed by atoms with Crippen molar-refractivity contribution < 1.29 is 38.0 Å². The molecule has 1 aromatic heterocycles. The minimum absolute atomic E-state index is 0.0205. The highest BCUT2D eigenvalue weighted by Crippen LogP contribution is 2.53. The van der Waals surface area contributed by atoms with Crippen LogP contribution in [0.2, 0.25) is 0 Å². The maximum Gasteiger partial charge on any atom is 0.407 e. The number of methoxy groups -OCH3 is 1. The number of amides is 1. The number of ether oxygens (including phenoxy) is 5. The lowest BCUT2D eigenvalue weighted by molar-refractivity contribution is 0.0219. The number of likely N-dealkylation sites (tertiary alicyclic amines) is 1. The quantitative estimate of drug-likeness (QED) is 0.172. The van der Waals surface area contributed by atoms with E-state index in [1.54, 1.807) is 6.92 Å². The number of aromatic nitrogens is 2. The second-order valence-corrected chi connectivity index (χ2v) is 13.6. The molecule has 0 unspecified atom stereocenters.